The topological polar surface area (TPSA) is 62.2 Å². The highest BCUT2D eigenvalue weighted by Gasteiger charge is 2.02. The Morgan fingerprint density at radius 1 is 1.15 bits per heavy atom. The highest BCUT2D eigenvalue weighted by Crippen LogP contribution is 2.20. The number of pyridine rings is 1. The van der Waals surface area contributed by atoms with Crippen molar-refractivity contribution in [2.24, 2.45) is 4.99 Å². The number of aromatic nitrogens is 2. The molecule has 0 atom stereocenters. The van der Waals surface area contributed by atoms with Crippen molar-refractivity contribution in [3.8, 4) is 0 Å². The summed E-state index contributed by atoms with van der Waals surface area (Å²) < 4.78 is 1.13. The molecule has 0 radical (unpaired) electrons. The largest absolute Gasteiger partial charge is 0.357 e. The molecule has 2 aromatic heterocycles. The summed E-state index contributed by atoms with van der Waals surface area (Å²) in [5, 5.41) is 9.90. The van der Waals surface area contributed by atoms with Crippen LogP contribution in [0.4, 0.5) is 0 Å². The van der Waals surface area contributed by atoms with E-state index in [1.807, 2.05) is 42.0 Å². The van der Waals surface area contributed by atoms with Gasteiger partial charge < -0.3 is 10.6 Å². The monoisotopic (exact) mass is 385 g/mol. The maximum absolute atomic E-state index is 4.73. The number of para-hydroxylation sites is 1. The van der Waals surface area contributed by atoms with Crippen LogP contribution in [-0.4, -0.2) is 34.8 Å². The molecule has 136 valence electrons. The summed E-state index contributed by atoms with van der Waals surface area (Å²) in [6, 6.07) is 10.2. The molecule has 0 amide bonds. The molecule has 3 aromatic rings. The predicted octanol–water partition coefficient (Wildman–Crippen LogP) is 3.93. The molecule has 0 spiro atoms. The molecule has 0 aliphatic rings. The van der Waals surface area contributed by atoms with Crippen LogP contribution in [-0.2, 0) is 6.54 Å². The van der Waals surface area contributed by atoms with Crippen LogP contribution in [0.25, 0.3) is 10.9 Å². The lowest BCUT2D eigenvalue weighted by Gasteiger charge is -2.11. The van der Waals surface area contributed by atoms with Crippen LogP contribution in [0, 0.1) is 0 Å². The van der Waals surface area contributed by atoms with E-state index in [9.17, 15) is 0 Å². The predicted molar refractivity (Wildman–Crippen MR) is 112 cm³/mol. The number of fused-ring (bicyclic) bond motifs is 1. The van der Waals surface area contributed by atoms with Crippen LogP contribution >= 0.6 is 23.1 Å². The average Bonchev–Trinajstić information content (AvgIpc) is 3.19. The summed E-state index contributed by atoms with van der Waals surface area (Å²) >= 11 is 3.50. The second-order valence-corrected chi connectivity index (χ2v) is 7.85. The first kappa shape index (κ1) is 18.7. The molecule has 26 heavy (non-hydrogen) atoms. The Balaban J connectivity index is 1.53. The van der Waals surface area contributed by atoms with Crippen LogP contribution < -0.4 is 10.6 Å². The maximum Gasteiger partial charge on any atom is 0.191 e. The van der Waals surface area contributed by atoms with Gasteiger partial charge in [-0.05, 0) is 31.0 Å². The molecule has 0 saturated heterocycles. The Morgan fingerprint density at radius 2 is 2.08 bits per heavy atom. The van der Waals surface area contributed by atoms with Crippen molar-refractivity contribution in [3.05, 3.63) is 53.7 Å². The zero-order chi connectivity index (χ0) is 18.0. The third kappa shape index (κ3) is 5.44. The van der Waals surface area contributed by atoms with E-state index in [2.05, 4.69) is 33.6 Å². The molecule has 0 aliphatic heterocycles. The van der Waals surface area contributed by atoms with Crippen molar-refractivity contribution < 1.29 is 0 Å². The van der Waals surface area contributed by atoms with Gasteiger partial charge >= 0.3 is 0 Å². The number of hydrogen-bond donors (Lipinski definition) is 2. The summed E-state index contributed by atoms with van der Waals surface area (Å²) in [5.74, 6) is 1.90. The zero-order valence-electron chi connectivity index (χ0n) is 14.8. The molecular weight excluding hydrogens is 362 g/mol. The van der Waals surface area contributed by atoms with Crippen molar-refractivity contribution in [2.45, 2.75) is 24.2 Å². The Bertz CT molecular complexity index is 828. The molecule has 5 nitrogen and oxygen atoms in total. The Morgan fingerprint density at radius 3 is 2.92 bits per heavy atom. The van der Waals surface area contributed by atoms with Crippen molar-refractivity contribution >= 4 is 40.0 Å². The lowest BCUT2D eigenvalue weighted by Crippen LogP contribution is -2.37. The van der Waals surface area contributed by atoms with Gasteiger partial charge in [0, 0.05) is 42.0 Å². The summed E-state index contributed by atoms with van der Waals surface area (Å²) in [7, 11) is 0. The highest BCUT2D eigenvalue weighted by atomic mass is 32.2. The standard InChI is InChI=1S/C19H23N5S2/c1-2-20-18(22-9-5-12-25-19-23-11-13-26-19)24-14-15-8-10-21-17-7-4-3-6-16(15)17/h3-4,6-8,10-11,13H,2,5,9,12,14H2,1H3,(H2,20,22,24). The minimum Gasteiger partial charge on any atom is -0.357 e. The van der Waals surface area contributed by atoms with E-state index in [0.29, 0.717) is 6.54 Å². The fourth-order valence-corrected chi connectivity index (χ4v) is 4.17. The van der Waals surface area contributed by atoms with E-state index in [1.165, 1.54) is 5.56 Å². The summed E-state index contributed by atoms with van der Waals surface area (Å²) in [4.78, 5) is 13.4. The van der Waals surface area contributed by atoms with Gasteiger partial charge in [-0.25, -0.2) is 9.98 Å². The van der Waals surface area contributed by atoms with Gasteiger partial charge in [0.25, 0.3) is 0 Å². The van der Waals surface area contributed by atoms with Crippen LogP contribution in [0.3, 0.4) is 0 Å². The van der Waals surface area contributed by atoms with Crippen molar-refractivity contribution in [1.29, 1.82) is 0 Å². The Kier molecular flexibility index (Phi) is 7.27. The molecule has 0 bridgehead atoms. The molecule has 3 rings (SSSR count). The third-order valence-corrected chi connectivity index (χ3v) is 5.79. The summed E-state index contributed by atoms with van der Waals surface area (Å²) in [5.41, 5.74) is 2.20. The number of thiazole rings is 1. The quantitative estimate of drug-likeness (QED) is 0.266. The van der Waals surface area contributed by atoms with E-state index < -0.39 is 0 Å². The van der Waals surface area contributed by atoms with E-state index >= 15 is 0 Å². The summed E-state index contributed by atoms with van der Waals surface area (Å²) in [6.45, 7) is 4.45. The molecule has 0 aliphatic carbocycles. The molecule has 7 heteroatoms. The highest BCUT2D eigenvalue weighted by molar-refractivity contribution is 8.00. The van der Waals surface area contributed by atoms with Gasteiger partial charge in [0.1, 0.15) is 4.34 Å². The number of guanidine groups is 1. The lowest BCUT2D eigenvalue weighted by atomic mass is 10.1. The zero-order valence-corrected chi connectivity index (χ0v) is 16.4. The van der Waals surface area contributed by atoms with Crippen LogP contribution in [0.2, 0.25) is 0 Å². The minimum absolute atomic E-state index is 0.631. The first-order chi connectivity index (χ1) is 12.9. The van der Waals surface area contributed by atoms with Gasteiger partial charge in [-0.1, -0.05) is 30.0 Å². The van der Waals surface area contributed by atoms with Crippen molar-refractivity contribution in [1.82, 2.24) is 20.6 Å². The smallest absolute Gasteiger partial charge is 0.191 e. The van der Waals surface area contributed by atoms with Gasteiger partial charge in [0.05, 0.1) is 12.1 Å². The van der Waals surface area contributed by atoms with Crippen LogP contribution in [0.15, 0.2) is 57.4 Å². The van der Waals surface area contributed by atoms with E-state index in [4.69, 9.17) is 4.99 Å². The van der Waals surface area contributed by atoms with Crippen molar-refractivity contribution in [2.75, 3.05) is 18.8 Å². The SMILES string of the molecule is CCNC(=NCc1ccnc2ccccc12)NCCCSc1nccs1. The van der Waals surface area contributed by atoms with E-state index in [0.717, 1.165) is 46.5 Å². The molecule has 2 N–H and O–H groups in total. The number of rotatable bonds is 8. The lowest BCUT2D eigenvalue weighted by molar-refractivity contribution is 0.790. The van der Waals surface area contributed by atoms with E-state index in [-0.39, 0.29) is 0 Å². The number of aliphatic imine (C=N–C) groups is 1. The molecule has 0 unspecified atom stereocenters. The van der Waals surface area contributed by atoms with Gasteiger partial charge in [0.2, 0.25) is 0 Å². The number of thioether (sulfide) groups is 1. The minimum atomic E-state index is 0.631. The summed E-state index contributed by atoms with van der Waals surface area (Å²) in [6.07, 6.45) is 4.76. The Hall–Kier alpha value is -2.12. The van der Waals surface area contributed by atoms with Crippen LogP contribution in [0.1, 0.15) is 18.9 Å². The molecule has 1 aromatic carbocycles. The number of nitrogens with zero attached hydrogens (tertiary/aromatic N) is 3. The van der Waals surface area contributed by atoms with E-state index in [1.54, 1.807) is 23.1 Å². The number of hydrogen-bond acceptors (Lipinski definition) is 5. The molecule has 0 fully saturated rings. The molecule has 2 heterocycles. The second kappa shape index (κ2) is 10.1. The molecule has 0 saturated carbocycles. The normalized spacial score (nSPS) is 11.7. The maximum atomic E-state index is 4.73. The first-order valence-corrected chi connectivity index (χ1v) is 10.6. The van der Waals surface area contributed by atoms with Gasteiger partial charge in [-0.2, -0.15) is 0 Å². The van der Waals surface area contributed by atoms with Gasteiger partial charge in [-0.3, -0.25) is 4.98 Å². The second-order valence-electron chi connectivity index (χ2n) is 5.61. The average molecular weight is 386 g/mol. The Labute approximate surface area is 162 Å². The van der Waals surface area contributed by atoms with Crippen LogP contribution in [0.5, 0.6) is 0 Å². The first-order valence-electron chi connectivity index (χ1n) is 8.74. The number of nitrogens with one attached hydrogen (secondary N) is 2. The number of benzene rings is 1. The fourth-order valence-electron chi connectivity index (χ4n) is 2.52. The van der Waals surface area contributed by atoms with Gasteiger partial charge in [-0.15, -0.1) is 11.3 Å². The fraction of sp³-hybridized carbons (Fsp3) is 0.316. The van der Waals surface area contributed by atoms with Gasteiger partial charge in [0.15, 0.2) is 5.96 Å². The molecular formula is C19H23N5S2. The van der Waals surface area contributed by atoms with Crippen molar-refractivity contribution in [3.63, 3.8) is 0 Å². The third-order valence-electron chi connectivity index (χ3n) is 3.74.